The van der Waals surface area contributed by atoms with Crippen LogP contribution in [0.4, 0.5) is 17.1 Å². The summed E-state index contributed by atoms with van der Waals surface area (Å²) >= 11 is 0. The van der Waals surface area contributed by atoms with E-state index < -0.39 is 5.41 Å². The highest BCUT2D eigenvalue weighted by atomic mass is 15.1. The van der Waals surface area contributed by atoms with Crippen LogP contribution in [0.3, 0.4) is 0 Å². The second-order valence-electron chi connectivity index (χ2n) is 19.3. The molecule has 0 amide bonds. The van der Waals surface area contributed by atoms with Crippen LogP contribution in [-0.2, 0) is 16.2 Å². The molecule has 0 N–H and O–H groups in total. The van der Waals surface area contributed by atoms with Gasteiger partial charge < -0.3 is 4.90 Å². The van der Waals surface area contributed by atoms with Crippen molar-refractivity contribution in [3.05, 3.63) is 293 Å². The summed E-state index contributed by atoms with van der Waals surface area (Å²) in [4.78, 5) is 2.55. The zero-order valence-corrected chi connectivity index (χ0v) is 38.0. The topological polar surface area (TPSA) is 3.24 Å². The van der Waals surface area contributed by atoms with E-state index in [-0.39, 0.29) is 10.8 Å². The minimum atomic E-state index is -0.525. The zero-order chi connectivity index (χ0) is 44.9. The van der Waals surface area contributed by atoms with Gasteiger partial charge in [-0.1, -0.05) is 226 Å². The second-order valence-corrected chi connectivity index (χ2v) is 19.3. The lowest BCUT2D eigenvalue weighted by Crippen LogP contribution is -2.28. The molecule has 0 fully saturated rings. The summed E-state index contributed by atoms with van der Waals surface area (Å²) in [6.07, 6.45) is 0. The van der Waals surface area contributed by atoms with Crippen LogP contribution >= 0.6 is 0 Å². The first-order valence-electron chi connectivity index (χ1n) is 23.7. The molecule has 0 saturated heterocycles. The molecule has 1 unspecified atom stereocenters. The summed E-state index contributed by atoms with van der Waals surface area (Å²) in [5, 5.41) is 0. The Bertz CT molecular complexity index is 3530. The summed E-state index contributed by atoms with van der Waals surface area (Å²) in [6.45, 7) is 7.17. The summed E-state index contributed by atoms with van der Waals surface area (Å²) in [5.74, 6) is 0. The molecule has 3 aliphatic carbocycles. The van der Waals surface area contributed by atoms with E-state index in [1.165, 1.54) is 94.6 Å². The van der Waals surface area contributed by atoms with Gasteiger partial charge in [-0.25, -0.2) is 0 Å². The summed E-state index contributed by atoms with van der Waals surface area (Å²) in [7, 11) is 0. The molecule has 1 heteroatoms. The molecule has 13 rings (SSSR count). The van der Waals surface area contributed by atoms with Crippen LogP contribution in [0.1, 0.15) is 70.8 Å². The molecule has 0 bridgehead atoms. The lowest BCUT2D eigenvalue weighted by Gasteiger charge is -2.34. The number of anilines is 3. The fraction of sp³-hybridized carbons (Fsp3) is 0.0909. The van der Waals surface area contributed by atoms with Crippen LogP contribution in [0.5, 0.6) is 0 Å². The molecule has 0 spiro atoms. The second kappa shape index (κ2) is 14.8. The van der Waals surface area contributed by atoms with Gasteiger partial charge in [-0.15, -0.1) is 0 Å². The molecular weight excluding hydrogens is 807 g/mol. The third-order valence-electron chi connectivity index (χ3n) is 15.6. The number of benzene rings is 10. The Hall–Kier alpha value is -8.00. The van der Waals surface area contributed by atoms with Gasteiger partial charge in [0.2, 0.25) is 0 Å². The standard InChI is InChI=1S/C66H49N/c1-64(2)55-34-16-13-30-51(55)52-41-40-49(43-60(52)64)67(61-39-21-38-59-63(61)54-32-15-18-36-57(54)66(59,46-25-9-5-10-26-46)47-27-11-6-12-28-47)48-29-19-22-44(42-48)50-33-20-37-58-62(50)53-31-14-17-35-56(53)65(58,3)45-23-7-4-8-24-45/h4-43H,1-3H3. The van der Waals surface area contributed by atoms with E-state index in [1.54, 1.807) is 0 Å². The van der Waals surface area contributed by atoms with E-state index in [4.69, 9.17) is 0 Å². The van der Waals surface area contributed by atoms with Crippen LogP contribution in [0.15, 0.2) is 243 Å². The van der Waals surface area contributed by atoms with Crippen molar-refractivity contribution in [1.82, 2.24) is 0 Å². The SMILES string of the molecule is CC1(C)c2ccccc2-c2ccc(N(c3cccc(-c4cccc5c4-c4ccccc4C5(C)c4ccccc4)c3)c3cccc4c3-c3ccccc3C4(c3ccccc3)c3ccccc3)cc21. The van der Waals surface area contributed by atoms with E-state index in [9.17, 15) is 0 Å². The molecule has 0 radical (unpaired) electrons. The molecule has 0 aliphatic heterocycles. The number of rotatable bonds is 7. The van der Waals surface area contributed by atoms with E-state index >= 15 is 0 Å². The number of hydrogen-bond donors (Lipinski definition) is 0. The Kier molecular flexibility index (Phi) is 8.67. The van der Waals surface area contributed by atoms with Gasteiger partial charge in [-0.05, 0) is 126 Å². The quantitative estimate of drug-likeness (QED) is 0.154. The maximum atomic E-state index is 2.55. The Morgan fingerprint density at radius 2 is 0.791 bits per heavy atom. The number of hydrogen-bond acceptors (Lipinski definition) is 1. The summed E-state index contributed by atoms with van der Waals surface area (Å²) in [5.41, 5.74) is 24.5. The van der Waals surface area contributed by atoms with Gasteiger partial charge in [0, 0.05) is 27.8 Å². The Morgan fingerprint density at radius 3 is 1.49 bits per heavy atom. The average molecular weight is 856 g/mol. The first-order chi connectivity index (χ1) is 32.9. The van der Waals surface area contributed by atoms with Gasteiger partial charge in [0.25, 0.3) is 0 Å². The largest absolute Gasteiger partial charge is 0.310 e. The van der Waals surface area contributed by atoms with Crippen molar-refractivity contribution in [3.8, 4) is 44.5 Å². The highest BCUT2D eigenvalue weighted by Gasteiger charge is 2.48. The number of fused-ring (bicyclic) bond motifs is 9. The van der Waals surface area contributed by atoms with Crippen molar-refractivity contribution >= 4 is 17.1 Å². The average Bonchev–Trinajstić information content (AvgIpc) is 3.94. The minimum absolute atomic E-state index is 0.167. The van der Waals surface area contributed by atoms with E-state index in [0.29, 0.717) is 0 Å². The van der Waals surface area contributed by atoms with Gasteiger partial charge in [-0.3, -0.25) is 0 Å². The van der Waals surface area contributed by atoms with Crippen molar-refractivity contribution in [2.45, 2.75) is 37.0 Å². The molecule has 1 atom stereocenters. The Balaban J connectivity index is 1.07. The lowest BCUT2D eigenvalue weighted by molar-refractivity contribution is 0.660. The fourth-order valence-corrected chi connectivity index (χ4v) is 12.6. The molecule has 67 heavy (non-hydrogen) atoms. The predicted molar refractivity (Wildman–Crippen MR) is 279 cm³/mol. The van der Waals surface area contributed by atoms with Gasteiger partial charge >= 0.3 is 0 Å². The van der Waals surface area contributed by atoms with Gasteiger partial charge in [0.1, 0.15) is 0 Å². The van der Waals surface area contributed by atoms with E-state index in [2.05, 4.69) is 268 Å². The van der Waals surface area contributed by atoms with Gasteiger partial charge in [0.05, 0.1) is 11.1 Å². The van der Waals surface area contributed by atoms with Crippen molar-refractivity contribution in [3.63, 3.8) is 0 Å². The molecule has 0 saturated carbocycles. The molecule has 1 nitrogen and oxygen atoms in total. The normalized spacial score (nSPS) is 16.3. The third kappa shape index (κ3) is 5.49. The number of nitrogens with zero attached hydrogens (tertiary/aromatic N) is 1. The minimum Gasteiger partial charge on any atom is -0.310 e. The van der Waals surface area contributed by atoms with Gasteiger partial charge in [-0.2, -0.15) is 0 Å². The first kappa shape index (κ1) is 39.4. The van der Waals surface area contributed by atoms with Crippen molar-refractivity contribution in [1.29, 1.82) is 0 Å². The predicted octanol–water partition coefficient (Wildman–Crippen LogP) is 16.8. The molecule has 318 valence electrons. The molecule has 10 aromatic rings. The van der Waals surface area contributed by atoms with E-state index in [1.807, 2.05) is 0 Å². The summed E-state index contributed by atoms with van der Waals surface area (Å²) < 4.78 is 0. The van der Waals surface area contributed by atoms with Crippen LogP contribution in [0, 0.1) is 0 Å². The summed E-state index contributed by atoms with van der Waals surface area (Å²) in [6, 6.07) is 90.9. The van der Waals surface area contributed by atoms with Crippen molar-refractivity contribution in [2.75, 3.05) is 4.90 Å². The Labute approximate surface area is 394 Å². The molecule has 10 aromatic carbocycles. The van der Waals surface area contributed by atoms with Crippen LogP contribution in [0.25, 0.3) is 44.5 Å². The van der Waals surface area contributed by atoms with Crippen LogP contribution < -0.4 is 4.90 Å². The highest BCUT2D eigenvalue weighted by molar-refractivity contribution is 5.99. The molecule has 3 aliphatic rings. The van der Waals surface area contributed by atoms with E-state index in [0.717, 1.165) is 17.1 Å². The van der Waals surface area contributed by atoms with Gasteiger partial charge in [0.15, 0.2) is 0 Å². The third-order valence-corrected chi connectivity index (χ3v) is 15.6. The first-order valence-corrected chi connectivity index (χ1v) is 23.7. The molecule has 0 aromatic heterocycles. The van der Waals surface area contributed by atoms with Crippen molar-refractivity contribution < 1.29 is 0 Å². The smallest absolute Gasteiger partial charge is 0.0714 e. The van der Waals surface area contributed by atoms with Crippen LogP contribution in [-0.4, -0.2) is 0 Å². The zero-order valence-electron chi connectivity index (χ0n) is 38.0. The molecular formula is C66H49N. The van der Waals surface area contributed by atoms with Crippen molar-refractivity contribution in [2.24, 2.45) is 0 Å². The maximum absolute atomic E-state index is 2.55. The Morgan fingerprint density at radius 1 is 0.299 bits per heavy atom. The lowest BCUT2D eigenvalue weighted by atomic mass is 9.68. The highest BCUT2D eigenvalue weighted by Crippen LogP contribution is 2.61. The fourth-order valence-electron chi connectivity index (χ4n) is 12.6. The maximum Gasteiger partial charge on any atom is 0.0714 e. The molecule has 0 heterocycles. The monoisotopic (exact) mass is 855 g/mol. The van der Waals surface area contributed by atoms with Crippen LogP contribution in [0.2, 0.25) is 0 Å².